The summed E-state index contributed by atoms with van der Waals surface area (Å²) in [5.74, 6) is 0.266. The van der Waals surface area contributed by atoms with Gasteiger partial charge in [0.15, 0.2) is 0 Å². The molecule has 1 aromatic rings. The Morgan fingerprint density at radius 1 is 1.60 bits per heavy atom. The zero-order valence-electron chi connectivity index (χ0n) is 12.5. The number of rotatable bonds is 6. The first-order valence-electron chi connectivity index (χ1n) is 7.58. The highest BCUT2D eigenvalue weighted by Gasteiger charge is 2.28. The molecule has 1 amide bonds. The maximum absolute atomic E-state index is 12.3. The van der Waals surface area contributed by atoms with Gasteiger partial charge in [-0.25, -0.2) is 0 Å². The Morgan fingerprint density at radius 2 is 2.40 bits per heavy atom. The monoisotopic (exact) mass is 295 g/mol. The van der Waals surface area contributed by atoms with E-state index in [1.165, 1.54) is 10.4 Å². The summed E-state index contributed by atoms with van der Waals surface area (Å²) < 4.78 is 0. The second-order valence-electron chi connectivity index (χ2n) is 5.85. The van der Waals surface area contributed by atoms with Gasteiger partial charge in [-0.2, -0.15) is 0 Å². The maximum atomic E-state index is 12.3. The van der Waals surface area contributed by atoms with Crippen LogP contribution in [0.1, 0.15) is 49.5 Å². The zero-order valence-corrected chi connectivity index (χ0v) is 13.3. The van der Waals surface area contributed by atoms with Crippen molar-refractivity contribution in [2.24, 2.45) is 0 Å². The Kier molecular flexibility index (Phi) is 5.61. The lowest BCUT2D eigenvalue weighted by atomic mass is 10.1. The van der Waals surface area contributed by atoms with Crippen molar-refractivity contribution in [2.75, 3.05) is 6.54 Å². The number of carbonyl (C=O) groups is 1. The van der Waals surface area contributed by atoms with Gasteiger partial charge < -0.3 is 10.0 Å². The van der Waals surface area contributed by atoms with Crippen LogP contribution >= 0.6 is 11.3 Å². The summed E-state index contributed by atoms with van der Waals surface area (Å²) in [6.07, 6.45) is 5.08. The predicted octanol–water partition coefficient (Wildman–Crippen LogP) is 3.14. The number of hydrogen-bond acceptors (Lipinski definition) is 3. The lowest BCUT2D eigenvalue weighted by Gasteiger charge is -2.25. The molecule has 0 saturated carbocycles. The summed E-state index contributed by atoms with van der Waals surface area (Å²) in [6.45, 7) is 4.81. The molecule has 112 valence electrons. The van der Waals surface area contributed by atoms with E-state index in [0.717, 1.165) is 38.6 Å². The Balaban J connectivity index is 1.78. The average Bonchev–Trinajstić information content (AvgIpc) is 2.98. The van der Waals surface area contributed by atoms with Crippen LogP contribution in [-0.2, 0) is 11.2 Å². The largest absolute Gasteiger partial charge is 0.393 e. The molecule has 0 radical (unpaired) electrons. The van der Waals surface area contributed by atoms with E-state index in [0.29, 0.717) is 6.42 Å². The first kappa shape index (κ1) is 15.5. The predicted molar refractivity (Wildman–Crippen MR) is 83.0 cm³/mol. The highest BCUT2D eigenvalue weighted by molar-refractivity contribution is 7.10. The Bertz CT molecular complexity index is 441. The van der Waals surface area contributed by atoms with Crippen LogP contribution in [0.5, 0.6) is 0 Å². The molecule has 20 heavy (non-hydrogen) atoms. The number of hydrogen-bond donors (Lipinski definition) is 1. The molecule has 3 nitrogen and oxygen atoms in total. The third-order valence-corrected chi connectivity index (χ3v) is 5.16. The summed E-state index contributed by atoms with van der Waals surface area (Å²) in [6, 6.07) is 2.40. The van der Waals surface area contributed by atoms with E-state index in [2.05, 4.69) is 18.4 Å². The number of amides is 1. The third kappa shape index (κ3) is 4.06. The molecule has 0 aliphatic carbocycles. The van der Waals surface area contributed by atoms with Crippen LogP contribution in [0.4, 0.5) is 0 Å². The summed E-state index contributed by atoms with van der Waals surface area (Å²) in [4.78, 5) is 15.7. The quantitative estimate of drug-likeness (QED) is 0.876. The van der Waals surface area contributed by atoms with Crippen molar-refractivity contribution in [3.63, 3.8) is 0 Å². The first-order chi connectivity index (χ1) is 9.58. The SMILES string of the molecule is Cc1ccsc1CCCC(=O)N1CCCC1CC(C)O. The van der Waals surface area contributed by atoms with Crippen molar-refractivity contribution in [1.82, 2.24) is 4.90 Å². The summed E-state index contributed by atoms with van der Waals surface area (Å²) in [5.41, 5.74) is 1.34. The Labute approximate surface area is 125 Å². The molecule has 1 saturated heterocycles. The van der Waals surface area contributed by atoms with Crippen molar-refractivity contribution in [3.8, 4) is 0 Å². The van der Waals surface area contributed by atoms with E-state index in [4.69, 9.17) is 0 Å². The Morgan fingerprint density at radius 3 is 3.05 bits per heavy atom. The van der Waals surface area contributed by atoms with Crippen LogP contribution in [-0.4, -0.2) is 34.6 Å². The normalized spacial score (nSPS) is 20.4. The van der Waals surface area contributed by atoms with Gasteiger partial charge in [-0.15, -0.1) is 11.3 Å². The van der Waals surface area contributed by atoms with Gasteiger partial charge in [0.25, 0.3) is 0 Å². The molecule has 1 aromatic heterocycles. The number of likely N-dealkylation sites (tertiary alicyclic amines) is 1. The van der Waals surface area contributed by atoms with Crippen LogP contribution in [0.25, 0.3) is 0 Å². The number of aliphatic hydroxyl groups is 1. The standard InChI is InChI=1S/C16H25NO2S/c1-12-8-10-20-15(12)6-3-7-16(19)17-9-4-5-14(17)11-13(2)18/h8,10,13-14,18H,3-7,9,11H2,1-2H3. The summed E-state index contributed by atoms with van der Waals surface area (Å²) in [7, 11) is 0. The van der Waals surface area contributed by atoms with Gasteiger partial charge in [-0.3, -0.25) is 4.79 Å². The van der Waals surface area contributed by atoms with E-state index in [1.54, 1.807) is 18.3 Å². The van der Waals surface area contributed by atoms with Gasteiger partial charge >= 0.3 is 0 Å². The number of thiophene rings is 1. The fourth-order valence-corrected chi connectivity index (χ4v) is 3.96. The molecule has 1 aliphatic rings. The lowest BCUT2D eigenvalue weighted by molar-refractivity contribution is -0.132. The molecule has 0 spiro atoms. The number of aryl methyl sites for hydroxylation is 2. The van der Waals surface area contributed by atoms with E-state index in [-0.39, 0.29) is 18.1 Å². The minimum Gasteiger partial charge on any atom is -0.393 e. The maximum Gasteiger partial charge on any atom is 0.222 e. The molecule has 1 fully saturated rings. The van der Waals surface area contributed by atoms with Crippen LogP contribution < -0.4 is 0 Å². The van der Waals surface area contributed by atoms with E-state index < -0.39 is 0 Å². The van der Waals surface area contributed by atoms with Gasteiger partial charge in [0, 0.05) is 23.9 Å². The van der Waals surface area contributed by atoms with E-state index >= 15 is 0 Å². The number of nitrogens with zero attached hydrogens (tertiary/aromatic N) is 1. The van der Waals surface area contributed by atoms with Gasteiger partial charge in [0.2, 0.25) is 5.91 Å². The minimum atomic E-state index is -0.317. The lowest BCUT2D eigenvalue weighted by Crippen LogP contribution is -2.37. The fraction of sp³-hybridized carbons (Fsp3) is 0.688. The topological polar surface area (TPSA) is 40.5 Å². The third-order valence-electron chi connectivity index (χ3n) is 4.07. The fourth-order valence-electron chi connectivity index (χ4n) is 3.01. The average molecular weight is 295 g/mol. The van der Waals surface area contributed by atoms with Crippen LogP contribution in [0, 0.1) is 6.92 Å². The molecular formula is C16H25NO2S. The van der Waals surface area contributed by atoms with Crippen molar-refractivity contribution in [1.29, 1.82) is 0 Å². The van der Waals surface area contributed by atoms with Crippen molar-refractivity contribution in [3.05, 3.63) is 21.9 Å². The van der Waals surface area contributed by atoms with Crippen LogP contribution in [0.15, 0.2) is 11.4 Å². The molecule has 4 heteroatoms. The molecular weight excluding hydrogens is 270 g/mol. The van der Waals surface area contributed by atoms with Gasteiger partial charge in [-0.05, 0) is 63.0 Å². The zero-order chi connectivity index (χ0) is 14.5. The highest BCUT2D eigenvalue weighted by Crippen LogP contribution is 2.23. The van der Waals surface area contributed by atoms with Crippen molar-refractivity contribution < 1.29 is 9.90 Å². The molecule has 2 rings (SSSR count). The van der Waals surface area contributed by atoms with Crippen molar-refractivity contribution in [2.45, 2.75) is 64.5 Å². The second kappa shape index (κ2) is 7.23. The second-order valence-corrected chi connectivity index (χ2v) is 6.85. The van der Waals surface area contributed by atoms with E-state index in [1.807, 2.05) is 4.90 Å². The van der Waals surface area contributed by atoms with E-state index in [9.17, 15) is 9.90 Å². The van der Waals surface area contributed by atoms with Crippen LogP contribution in [0.2, 0.25) is 0 Å². The Hall–Kier alpha value is -0.870. The molecule has 1 N–H and O–H groups in total. The highest BCUT2D eigenvalue weighted by atomic mass is 32.1. The first-order valence-corrected chi connectivity index (χ1v) is 8.46. The van der Waals surface area contributed by atoms with Gasteiger partial charge in [-0.1, -0.05) is 0 Å². The molecule has 0 aromatic carbocycles. The number of carbonyl (C=O) groups excluding carboxylic acids is 1. The molecule has 1 aliphatic heterocycles. The summed E-state index contributed by atoms with van der Waals surface area (Å²) >= 11 is 1.78. The van der Waals surface area contributed by atoms with Crippen LogP contribution in [0.3, 0.4) is 0 Å². The van der Waals surface area contributed by atoms with Crippen molar-refractivity contribution >= 4 is 17.2 Å². The van der Waals surface area contributed by atoms with Gasteiger partial charge in [0.05, 0.1) is 6.10 Å². The number of aliphatic hydroxyl groups excluding tert-OH is 1. The molecule has 2 unspecified atom stereocenters. The molecule has 2 heterocycles. The molecule has 0 bridgehead atoms. The van der Waals surface area contributed by atoms with Gasteiger partial charge in [0.1, 0.15) is 0 Å². The molecule has 2 atom stereocenters. The smallest absolute Gasteiger partial charge is 0.222 e. The minimum absolute atomic E-state index is 0.256. The summed E-state index contributed by atoms with van der Waals surface area (Å²) in [5, 5.41) is 11.6.